The number of amides is 4. The molecule has 332 valence electrons. The predicted octanol–water partition coefficient (Wildman–Crippen LogP) is 5.44. The van der Waals surface area contributed by atoms with Gasteiger partial charge in [0, 0.05) is 85.1 Å². The predicted molar refractivity (Wildman–Crippen MR) is 223 cm³/mol. The lowest BCUT2D eigenvalue weighted by atomic mass is 9.71. The van der Waals surface area contributed by atoms with Gasteiger partial charge in [-0.3, -0.25) is 39.4 Å². The second-order valence-corrected chi connectivity index (χ2v) is 18.3. The lowest BCUT2D eigenvalue weighted by Gasteiger charge is -2.47. The van der Waals surface area contributed by atoms with Crippen molar-refractivity contribution in [2.24, 2.45) is 5.41 Å². The zero-order chi connectivity index (χ0) is 43.9. The van der Waals surface area contributed by atoms with E-state index in [9.17, 15) is 28.0 Å². The van der Waals surface area contributed by atoms with Gasteiger partial charge in [0.15, 0.2) is 0 Å². The maximum absolute atomic E-state index is 16.4. The monoisotopic (exact) mass is 870 g/mol. The summed E-state index contributed by atoms with van der Waals surface area (Å²) in [5, 5.41) is 10.2. The SMILES string of the molecule is COc1c2c(cc3c1CN(C1CCC(=O)NC1=O)C3=O)CN(CC(=O)N1CCC3(CC1)CCN(c1cc(F)c(C4c5ccc6[nH]ncc6c5C[C@@H](C)N4CC(F)F)c(F)c1)CC3)C2. The maximum Gasteiger partial charge on any atom is 0.255 e. The smallest absolute Gasteiger partial charge is 0.255 e. The van der Waals surface area contributed by atoms with E-state index in [4.69, 9.17) is 4.74 Å². The number of carbonyl (C=O) groups excluding carboxylic acids is 4. The number of likely N-dealkylation sites (tertiary alicyclic amines) is 1. The fourth-order valence-electron chi connectivity index (χ4n) is 11.4. The number of aromatic amines is 1. The number of methoxy groups -OCH3 is 1. The van der Waals surface area contributed by atoms with Gasteiger partial charge >= 0.3 is 0 Å². The molecule has 63 heavy (non-hydrogen) atoms. The minimum absolute atomic E-state index is 0.00646. The van der Waals surface area contributed by atoms with Gasteiger partial charge in [0.1, 0.15) is 23.4 Å². The van der Waals surface area contributed by atoms with Crippen LogP contribution in [0.25, 0.3) is 10.9 Å². The highest BCUT2D eigenvalue weighted by Crippen LogP contribution is 2.46. The lowest BCUT2D eigenvalue weighted by molar-refractivity contribution is -0.137. The Morgan fingerprint density at radius 1 is 0.952 bits per heavy atom. The summed E-state index contributed by atoms with van der Waals surface area (Å²) in [6.07, 6.45) is 3.15. The molecule has 3 saturated heterocycles. The van der Waals surface area contributed by atoms with Gasteiger partial charge in [-0.1, -0.05) is 6.07 Å². The second-order valence-electron chi connectivity index (χ2n) is 18.3. The molecule has 0 aliphatic carbocycles. The molecule has 4 amide bonds. The summed E-state index contributed by atoms with van der Waals surface area (Å²) in [5.74, 6) is -1.96. The number of nitrogens with one attached hydrogen (secondary N) is 2. The van der Waals surface area contributed by atoms with E-state index in [1.165, 1.54) is 21.9 Å². The van der Waals surface area contributed by atoms with Crippen molar-refractivity contribution in [1.82, 2.24) is 35.1 Å². The van der Waals surface area contributed by atoms with Gasteiger partial charge in [-0.05, 0) is 91.8 Å². The summed E-state index contributed by atoms with van der Waals surface area (Å²) in [5.41, 5.74) is 5.49. The minimum atomic E-state index is -2.68. The number of hydrogen-bond acceptors (Lipinski definition) is 9. The summed E-state index contributed by atoms with van der Waals surface area (Å²) in [7, 11) is 1.56. The Morgan fingerprint density at radius 2 is 1.68 bits per heavy atom. The van der Waals surface area contributed by atoms with E-state index in [0.717, 1.165) is 58.8 Å². The quantitative estimate of drug-likeness (QED) is 0.176. The van der Waals surface area contributed by atoms with Crippen molar-refractivity contribution in [3.8, 4) is 5.75 Å². The molecular weight excluding hydrogens is 821 g/mol. The van der Waals surface area contributed by atoms with E-state index in [1.807, 2.05) is 22.8 Å². The van der Waals surface area contributed by atoms with E-state index in [-0.39, 0.29) is 54.6 Å². The number of ether oxygens (including phenoxy) is 1. The number of fused-ring (bicyclic) bond motifs is 5. The molecule has 17 heteroatoms. The molecule has 13 nitrogen and oxygen atoms in total. The lowest BCUT2D eigenvalue weighted by Crippen LogP contribution is -2.52. The normalized spacial score (nSPS) is 23.8. The number of aromatic nitrogens is 2. The number of nitrogens with zero attached hydrogens (tertiary/aromatic N) is 6. The Morgan fingerprint density at radius 3 is 2.38 bits per heavy atom. The Bertz CT molecular complexity index is 2510. The van der Waals surface area contributed by atoms with Crippen LogP contribution in [0.3, 0.4) is 0 Å². The summed E-state index contributed by atoms with van der Waals surface area (Å²) >= 11 is 0. The first-order valence-corrected chi connectivity index (χ1v) is 21.9. The standard InChI is InChI=1S/C46H50F4N8O5/c1-25-15-29-28(3-4-36-31(29)19-51-53-36)42(57(25)23-38(49)50)41-34(47)17-27(18-35(41)48)55-11-7-46(8-12-55)9-13-56(14-10-46)40(60)24-54-20-26-16-30-33(43(63-2)32(26)21-54)22-58(45(30)62)37-5-6-39(59)52-44(37)61/h3-4,16-19,25,37-38,42H,5-15,20-24H2,1-2H3,(H,51,53)(H,52,59,61)/t25-,37?,42?/m1/s1. The fraction of sp³-hybridized carbons (Fsp3) is 0.500. The van der Waals surface area contributed by atoms with Crippen LogP contribution in [0, 0.1) is 17.0 Å². The number of piperidine rings is 3. The number of imide groups is 1. The maximum atomic E-state index is 16.4. The third-order valence-corrected chi connectivity index (χ3v) is 14.8. The third kappa shape index (κ3) is 7.20. The van der Waals surface area contributed by atoms with E-state index in [0.29, 0.717) is 68.3 Å². The van der Waals surface area contributed by atoms with Crippen LogP contribution in [0.2, 0.25) is 0 Å². The highest BCUT2D eigenvalue weighted by atomic mass is 19.3. The molecule has 1 spiro atoms. The largest absolute Gasteiger partial charge is 0.496 e. The number of hydrogen-bond donors (Lipinski definition) is 2. The number of alkyl halides is 2. The van der Waals surface area contributed by atoms with Gasteiger partial charge in [0.25, 0.3) is 12.3 Å². The third-order valence-electron chi connectivity index (χ3n) is 14.8. The zero-order valence-electron chi connectivity index (χ0n) is 35.3. The molecular formula is C46H50F4N8O5. The van der Waals surface area contributed by atoms with Gasteiger partial charge in [-0.15, -0.1) is 0 Å². The molecule has 1 aromatic heterocycles. The molecule has 4 aromatic rings. The number of carbonyl (C=O) groups is 4. The van der Waals surface area contributed by atoms with Crippen molar-refractivity contribution >= 4 is 40.2 Å². The molecule has 3 atom stereocenters. The average Bonchev–Trinajstić information content (AvgIpc) is 3.98. The number of H-pyrrole nitrogens is 1. The van der Waals surface area contributed by atoms with Gasteiger partial charge in [0.2, 0.25) is 17.7 Å². The molecule has 7 heterocycles. The van der Waals surface area contributed by atoms with Crippen LogP contribution in [-0.2, 0) is 40.4 Å². The first-order chi connectivity index (χ1) is 30.3. The fourth-order valence-corrected chi connectivity index (χ4v) is 11.4. The van der Waals surface area contributed by atoms with Crippen LogP contribution in [0.5, 0.6) is 5.75 Å². The number of benzene rings is 3. The van der Waals surface area contributed by atoms with E-state index in [1.54, 1.807) is 25.4 Å². The molecule has 6 aliphatic rings. The topological polar surface area (TPSA) is 134 Å². The molecule has 3 aromatic carbocycles. The highest BCUT2D eigenvalue weighted by Gasteiger charge is 2.44. The Kier molecular flexibility index (Phi) is 10.5. The summed E-state index contributed by atoms with van der Waals surface area (Å²) in [4.78, 5) is 60.6. The highest BCUT2D eigenvalue weighted by molar-refractivity contribution is 6.06. The van der Waals surface area contributed by atoms with Crippen molar-refractivity contribution in [2.45, 2.75) is 96.1 Å². The summed E-state index contributed by atoms with van der Waals surface area (Å²) in [6.45, 7) is 4.99. The van der Waals surface area contributed by atoms with Crippen molar-refractivity contribution < 1.29 is 41.5 Å². The van der Waals surface area contributed by atoms with Crippen molar-refractivity contribution in [2.75, 3.05) is 51.3 Å². The van der Waals surface area contributed by atoms with Crippen molar-refractivity contribution in [3.63, 3.8) is 0 Å². The molecule has 6 aliphatic heterocycles. The molecule has 0 bridgehead atoms. The van der Waals surface area contributed by atoms with E-state index >= 15 is 8.78 Å². The Balaban J connectivity index is 0.765. The Labute approximate surface area is 361 Å². The van der Waals surface area contributed by atoms with E-state index in [2.05, 4.69) is 20.4 Å². The zero-order valence-corrected chi connectivity index (χ0v) is 35.3. The first-order valence-electron chi connectivity index (χ1n) is 21.9. The second kappa shape index (κ2) is 15.9. The van der Waals surface area contributed by atoms with Gasteiger partial charge < -0.3 is 19.4 Å². The number of rotatable bonds is 8. The average molecular weight is 871 g/mol. The molecule has 10 rings (SSSR count). The van der Waals surface area contributed by atoms with E-state index < -0.39 is 48.6 Å². The molecule has 2 unspecified atom stereocenters. The van der Waals surface area contributed by atoms with Gasteiger partial charge in [-0.2, -0.15) is 5.10 Å². The van der Waals surface area contributed by atoms with Crippen LogP contribution in [-0.4, -0.2) is 118 Å². The number of anilines is 1. The van der Waals surface area contributed by atoms with Crippen LogP contribution in [0.15, 0.2) is 36.5 Å². The summed E-state index contributed by atoms with van der Waals surface area (Å²) < 4.78 is 66.4. The summed E-state index contributed by atoms with van der Waals surface area (Å²) in [6, 6.07) is 5.96. The minimum Gasteiger partial charge on any atom is -0.496 e. The van der Waals surface area contributed by atoms with Crippen LogP contribution in [0.4, 0.5) is 23.2 Å². The Hall–Kier alpha value is -5.55. The number of halogens is 4. The van der Waals surface area contributed by atoms with Crippen molar-refractivity contribution in [1.29, 1.82) is 0 Å². The molecule has 2 N–H and O–H groups in total. The first kappa shape index (κ1) is 41.5. The van der Waals surface area contributed by atoms with Crippen LogP contribution < -0.4 is 15.0 Å². The molecule has 3 fully saturated rings. The van der Waals surface area contributed by atoms with Gasteiger partial charge in [0.05, 0.1) is 44.5 Å². The van der Waals surface area contributed by atoms with Crippen LogP contribution >= 0.6 is 0 Å². The molecule has 0 saturated carbocycles. The van der Waals surface area contributed by atoms with Crippen LogP contribution in [0.1, 0.15) is 95.2 Å². The molecule has 0 radical (unpaired) electrons. The van der Waals surface area contributed by atoms with Gasteiger partial charge in [-0.25, -0.2) is 17.6 Å². The van der Waals surface area contributed by atoms with Crippen molar-refractivity contribution in [3.05, 3.63) is 87.1 Å².